The summed E-state index contributed by atoms with van der Waals surface area (Å²) in [5, 5.41) is 0. The standard InChI is InChI=1S/C19H22O3/c1-15-6-5-8-18(14-15)22-13-4-3-7-16-9-11-17(12-10-16)19(20)21-2/h5-6,8-12,14H,3-4,7,13H2,1-2H3. The summed E-state index contributed by atoms with van der Waals surface area (Å²) in [6.07, 6.45) is 3.05. The Morgan fingerprint density at radius 3 is 2.50 bits per heavy atom. The average molecular weight is 298 g/mol. The van der Waals surface area contributed by atoms with Crippen LogP contribution in [0.4, 0.5) is 0 Å². The molecule has 0 radical (unpaired) electrons. The average Bonchev–Trinajstić information content (AvgIpc) is 2.54. The van der Waals surface area contributed by atoms with E-state index in [1.54, 1.807) is 0 Å². The van der Waals surface area contributed by atoms with Gasteiger partial charge in [-0.2, -0.15) is 0 Å². The van der Waals surface area contributed by atoms with Gasteiger partial charge in [0.15, 0.2) is 0 Å². The lowest BCUT2D eigenvalue weighted by Crippen LogP contribution is -2.01. The maximum absolute atomic E-state index is 11.3. The molecule has 116 valence electrons. The van der Waals surface area contributed by atoms with Crippen molar-refractivity contribution in [2.45, 2.75) is 26.2 Å². The SMILES string of the molecule is COC(=O)c1ccc(CCCCOc2cccc(C)c2)cc1. The van der Waals surface area contributed by atoms with E-state index in [0.29, 0.717) is 5.56 Å². The Balaban J connectivity index is 1.69. The van der Waals surface area contributed by atoms with Crippen molar-refractivity contribution in [3.63, 3.8) is 0 Å². The van der Waals surface area contributed by atoms with Gasteiger partial charge in [0.05, 0.1) is 19.3 Å². The molecule has 0 atom stereocenters. The Morgan fingerprint density at radius 1 is 1.05 bits per heavy atom. The molecule has 0 bridgehead atoms. The molecule has 3 nitrogen and oxygen atoms in total. The number of rotatable bonds is 7. The van der Waals surface area contributed by atoms with Crippen molar-refractivity contribution in [3.05, 3.63) is 65.2 Å². The van der Waals surface area contributed by atoms with Crippen LogP contribution in [0.25, 0.3) is 0 Å². The first kappa shape index (κ1) is 16.1. The van der Waals surface area contributed by atoms with Crippen molar-refractivity contribution >= 4 is 5.97 Å². The normalized spacial score (nSPS) is 10.3. The van der Waals surface area contributed by atoms with Crippen molar-refractivity contribution in [1.82, 2.24) is 0 Å². The van der Waals surface area contributed by atoms with Gasteiger partial charge in [0.25, 0.3) is 0 Å². The van der Waals surface area contributed by atoms with Gasteiger partial charge in [-0.05, 0) is 61.6 Å². The second kappa shape index (κ2) is 8.23. The van der Waals surface area contributed by atoms with Crippen molar-refractivity contribution in [3.8, 4) is 5.75 Å². The third kappa shape index (κ3) is 4.92. The number of esters is 1. The predicted molar refractivity (Wildman–Crippen MR) is 87.4 cm³/mol. The number of hydrogen-bond acceptors (Lipinski definition) is 3. The molecule has 0 aliphatic rings. The summed E-state index contributed by atoms with van der Waals surface area (Å²) >= 11 is 0. The van der Waals surface area contributed by atoms with Crippen molar-refractivity contribution in [1.29, 1.82) is 0 Å². The minimum absolute atomic E-state index is 0.293. The van der Waals surface area contributed by atoms with Gasteiger partial charge in [0.1, 0.15) is 5.75 Å². The molecule has 2 aromatic rings. The first-order chi connectivity index (χ1) is 10.7. The summed E-state index contributed by atoms with van der Waals surface area (Å²) < 4.78 is 10.4. The second-order valence-electron chi connectivity index (χ2n) is 5.31. The van der Waals surface area contributed by atoms with Crippen LogP contribution in [0.15, 0.2) is 48.5 Å². The predicted octanol–water partition coefficient (Wildman–Crippen LogP) is 4.18. The number of benzene rings is 2. The highest BCUT2D eigenvalue weighted by Gasteiger charge is 2.04. The summed E-state index contributed by atoms with van der Waals surface area (Å²) in [7, 11) is 1.39. The van der Waals surface area contributed by atoms with E-state index in [9.17, 15) is 4.79 Å². The molecule has 0 amide bonds. The number of carbonyl (C=O) groups is 1. The van der Waals surface area contributed by atoms with Crippen LogP contribution in [0.2, 0.25) is 0 Å². The molecule has 0 unspecified atom stereocenters. The number of unbranched alkanes of at least 4 members (excludes halogenated alkanes) is 1. The third-order valence-electron chi connectivity index (χ3n) is 3.49. The Kier molecular flexibility index (Phi) is 6.01. The fraction of sp³-hybridized carbons (Fsp3) is 0.316. The fourth-order valence-corrected chi connectivity index (χ4v) is 2.25. The van der Waals surface area contributed by atoms with Crippen molar-refractivity contribution in [2.75, 3.05) is 13.7 Å². The summed E-state index contributed by atoms with van der Waals surface area (Å²) in [6, 6.07) is 15.7. The smallest absolute Gasteiger partial charge is 0.337 e. The number of carbonyl (C=O) groups excluding carboxylic acids is 1. The van der Waals surface area contributed by atoms with Crippen LogP contribution in [0.5, 0.6) is 5.75 Å². The Bertz CT molecular complexity index is 602. The van der Waals surface area contributed by atoms with Gasteiger partial charge >= 0.3 is 5.97 Å². The molecular formula is C19H22O3. The molecule has 0 aromatic heterocycles. The van der Waals surface area contributed by atoms with E-state index >= 15 is 0 Å². The summed E-state index contributed by atoms with van der Waals surface area (Å²) in [6.45, 7) is 2.79. The molecule has 0 spiro atoms. The van der Waals surface area contributed by atoms with E-state index in [1.807, 2.05) is 42.5 Å². The lowest BCUT2D eigenvalue weighted by molar-refractivity contribution is 0.0600. The van der Waals surface area contributed by atoms with Crippen LogP contribution in [0.3, 0.4) is 0 Å². The monoisotopic (exact) mass is 298 g/mol. The molecule has 0 saturated heterocycles. The fourth-order valence-electron chi connectivity index (χ4n) is 2.25. The Morgan fingerprint density at radius 2 is 1.82 bits per heavy atom. The highest BCUT2D eigenvalue weighted by atomic mass is 16.5. The van der Waals surface area contributed by atoms with Gasteiger partial charge in [-0.15, -0.1) is 0 Å². The van der Waals surface area contributed by atoms with Crippen LogP contribution in [-0.2, 0) is 11.2 Å². The molecule has 0 N–H and O–H groups in total. The quantitative estimate of drug-likeness (QED) is 0.568. The first-order valence-electron chi connectivity index (χ1n) is 7.56. The number of ether oxygens (including phenoxy) is 2. The zero-order valence-electron chi connectivity index (χ0n) is 13.2. The van der Waals surface area contributed by atoms with Crippen molar-refractivity contribution < 1.29 is 14.3 Å². The van der Waals surface area contributed by atoms with Crippen LogP contribution in [0, 0.1) is 6.92 Å². The number of aryl methyl sites for hydroxylation is 2. The van der Waals surface area contributed by atoms with Gasteiger partial charge < -0.3 is 9.47 Å². The van der Waals surface area contributed by atoms with Crippen LogP contribution in [-0.4, -0.2) is 19.7 Å². The Labute approximate surface area is 131 Å². The van der Waals surface area contributed by atoms with E-state index in [0.717, 1.165) is 31.6 Å². The summed E-state index contributed by atoms with van der Waals surface area (Å²) in [5.41, 5.74) is 3.03. The molecular weight excluding hydrogens is 276 g/mol. The largest absolute Gasteiger partial charge is 0.494 e. The Hall–Kier alpha value is -2.29. The molecule has 0 aliphatic heterocycles. The van der Waals surface area contributed by atoms with Crippen molar-refractivity contribution in [2.24, 2.45) is 0 Å². The van der Waals surface area contributed by atoms with Crippen LogP contribution in [0.1, 0.15) is 34.3 Å². The first-order valence-corrected chi connectivity index (χ1v) is 7.56. The van der Waals surface area contributed by atoms with E-state index in [4.69, 9.17) is 4.74 Å². The summed E-state index contributed by atoms with van der Waals surface area (Å²) in [5.74, 6) is 0.639. The highest BCUT2D eigenvalue weighted by Crippen LogP contribution is 2.13. The second-order valence-corrected chi connectivity index (χ2v) is 5.31. The molecule has 22 heavy (non-hydrogen) atoms. The van der Waals surface area contributed by atoms with Crippen LogP contribution >= 0.6 is 0 Å². The van der Waals surface area contributed by atoms with Gasteiger partial charge in [0.2, 0.25) is 0 Å². The molecule has 3 heteroatoms. The van der Waals surface area contributed by atoms with Gasteiger partial charge in [-0.1, -0.05) is 24.3 Å². The maximum atomic E-state index is 11.3. The maximum Gasteiger partial charge on any atom is 0.337 e. The van der Waals surface area contributed by atoms with Gasteiger partial charge in [0, 0.05) is 0 Å². The third-order valence-corrected chi connectivity index (χ3v) is 3.49. The molecule has 2 rings (SSSR count). The minimum atomic E-state index is -0.293. The summed E-state index contributed by atoms with van der Waals surface area (Å²) in [4.78, 5) is 11.3. The lowest BCUT2D eigenvalue weighted by Gasteiger charge is -2.07. The van der Waals surface area contributed by atoms with E-state index < -0.39 is 0 Å². The highest BCUT2D eigenvalue weighted by molar-refractivity contribution is 5.89. The molecule has 2 aromatic carbocycles. The van der Waals surface area contributed by atoms with Gasteiger partial charge in [-0.25, -0.2) is 4.79 Å². The van der Waals surface area contributed by atoms with Crippen LogP contribution < -0.4 is 4.74 Å². The molecule has 0 fully saturated rings. The number of hydrogen-bond donors (Lipinski definition) is 0. The number of methoxy groups -OCH3 is 1. The topological polar surface area (TPSA) is 35.5 Å². The zero-order valence-corrected chi connectivity index (χ0v) is 13.2. The van der Waals surface area contributed by atoms with E-state index in [2.05, 4.69) is 17.7 Å². The lowest BCUT2D eigenvalue weighted by atomic mass is 10.1. The molecule has 0 heterocycles. The van der Waals surface area contributed by atoms with E-state index in [1.165, 1.54) is 18.2 Å². The molecule has 0 aliphatic carbocycles. The zero-order chi connectivity index (χ0) is 15.8. The van der Waals surface area contributed by atoms with Gasteiger partial charge in [-0.3, -0.25) is 0 Å². The minimum Gasteiger partial charge on any atom is -0.494 e. The molecule has 0 saturated carbocycles. The van der Waals surface area contributed by atoms with E-state index in [-0.39, 0.29) is 5.97 Å².